The Morgan fingerprint density at radius 1 is 0.700 bits per heavy atom. The van der Waals surface area contributed by atoms with Crippen LogP contribution < -0.4 is 14.3 Å². The zero-order valence-corrected chi connectivity index (χ0v) is 24.3. The first-order valence-electron chi connectivity index (χ1n) is 12.5. The molecule has 8 nitrogen and oxygen atoms in total. The Hall–Kier alpha value is -4.15. The van der Waals surface area contributed by atoms with Crippen LogP contribution in [0, 0.1) is 27.7 Å². The summed E-state index contributed by atoms with van der Waals surface area (Å²) in [6.45, 7) is 6.91. The minimum absolute atomic E-state index is 0.0222. The Bertz CT molecular complexity index is 1750. The number of sulfonamides is 2. The van der Waals surface area contributed by atoms with Gasteiger partial charge in [0.1, 0.15) is 6.54 Å². The summed E-state index contributed by atoms with van der Waals surface area (Å²) >= 11 is 0. The summed E-state index contributed by atoms with van der Waals surface area (Å²) in [4.78, 5) is 13.2. The summed E-state index contributed by atoms with van der Waals surface area (Å²) in [6.07, 6.45) is 0. The van der Waals surface area contributed by atoms with Crippen molar-refractivity contribution in [1.29, 1.82) is 0 Å². The van der Waals surface area contributed by atoms with Gasteiger partial charge < -0.3 is 5.32 Å². The number of benzene rings is 4. The van der Waals surface area contributed by atoms with Gasteiger partial charge in [0.15, 0.2) is 0 Å². The average Bonchev–Trinajstić information content (AvgIpc) is 2.90. The number of aryl methyl sites for hydroxylation is 4. The fraction of sp³-hybridized carbons (Fsp3) is 0.167. The van der Waals surface area contributed by atoms with Gasteiger partial charge in [0.05, 0.1) is 21.2 Å². The van der Waals surface area contributed by atoms with Crippen LogP contribution in [0.2, 0.25) is 0 Å². The molecule has 0 aliphatic heterocycles. The van der Waals surface area contributed by atoms with Crippen molar-refractivity contribution in [3.05, 3.63) is 113 Å². The van der Waals surface area contributed by atoms with E-state index in [1.807, 2.05) is 32.9 Å². The first-order chi connectivity index (χ1) is 18.9. The topological polar surface area (TPSA) is 113 Å². The quantitative estimate of drug-likeness (QED) is 0.271. The molecule has 4 aromatic carbocycles. The monoisotopic (exact) mass is 577 g/mol. The molecule has 208 valence electrons. The van der Waals surface area contributed by atoms with E-state index in [9.17, 15) is 21.6 Å². The molecular formula is C30H31N3O5S2. The molecular weight excluding hydrogens is 546 g/mol. The van der Waals surface area contributed by atoms with Gasteiger partial charge in [-0.05, 0) is 87.4 Å². The van der Waals surface area contributed by atoms with Gasteiger partial charge in [-0.25, -0.2) is 16.8 Å². The average molecular weight is 578 g/mol. The van der Waals surface area contributed by atoms with Crippen molar-refractivity contribution >= 4 is 43.0 Å². The van der Waals surface area contributed by atoms with Gasteiger partial charge in [-0.3, -0.25) is 13.8 Å². The molecule has 10 heteroatoms. The molecule has 0 fully saturated rings. The molecule has 0 unspecified atom stereocenters. The summed E-state index contributed by atoms with van der Waals surface area (Å²) in [7, 11) is -7.92. The van der Waals surface area contributed by atoms with Crippen molar-refractivity contribution in [2.75, 3.05) is 20.9 Å². The van der Waals surface area contributed by atoms with E-state index in [0.29, 0.717) is 22.6 Å². The lowest BCUT2D eigenvalue weighted by molar-refractivity contribution is -0.114. The van der Waals surface area contributed by atoms with E-state index < -0.39 is 32.5 Å². The van der Waals surface area contributed by atoms with Gasteiger partial charge >= 0.3 is 0 Å². The highest BCUT2D eigenvalue weighted by molar-refractivity contribution is 7.93. The van der Waals surface area contributed by atoms with Crippen LogP contribution in [0.5, 0.6) is 0 Å². The first-order valence-corrected chi connectivity index (χ1v) is 15.4. The number of nitrogens with zero attached hydrogens (tertiary/aromatic N) is 1. The number of para-hydroxylation sites is 1. The van der Waals surface area contributed by atoms with E-state index in [1.165, 1.54) is 36.4 Å². The summed E-state index contributed by atoms with van der Waals surface area (Å²) < 4.78 is 56.7. The van der Waals surface area contributed by atoms with Crippen molar-refractivity contribution in [2.45, 2.75) is 37.5 Å². The standard InChI is InChI=1S/C30H31N3O5S2/c1-21-9-14-27(15-10-21)40(37,38)33(29-8-6-5-7-23(29)3)20-30(34)31-25-12-16-26(17-13-25)39(35,36)32-28-18-11-22(2)19-24(28)4/h5-19,32H,20H2,1-4H3,(H,31,34). The van der Waals surface area contributed by atoms with Crippen LogP contribution in [-0.2, 0) is 24.8 Å². The van der Waals surface area contributed by atoms with Crippen molar-refractivity contribution in [1.82, 2.24) is 0 Å². The van der Waals surface area contributed by atoms with Crippen LogP contribution >= 0.6 is 0 Å². The number of amides is 1. The Morgan fingerprint density at radius 2 is 1.30 bits per heavy atom. The second-order valence-corrected chi connectivity index (χ2v) is 13.2. The lowest BCUT2D eigenvalue weighted by Crippen LogP contribution is -2.38. The van der Waals surface area contributed by atoms with Gasteiger partial charge in [0.25, 0.3) is 20.0 Å². The van der Waals surface area contributed by atoms with Crippen LogP contribution in [-0.4, -0.2) is 29.3 Å². The molecule has 4 rings (SSSR count). The fourth-order valence-electron chi connectivity index (χ4n) is 4.16. The number of rotatable bonds is 9. The molecule has 0 aliphatic carbocycles. The third kappa shape index (κ3) is 6.52. The number of nitrogens with one attached hydrogen (secondary N) is 2. The maximum atomic E-state index is 13.6. The third-order valence-electron chi connectivity index (χ3n) is 6.35. The molecule has 0 saturated carbocycles. The van der Waals surface area contributed by atoms with Gasteiger partial charge in [-0.1, -0.05) is 53.6 Å². The lowest BCUT2D eigenvalue weighted by atomic mass is 10.1. The summed E-state index contributed by atoms with van der Waals surface area (Å²) in [5, 5.41) is 2.68. The van der Waals surface area contributed by atoms with E-state index in [-0.39, 0.29) is 9.79 Å². The molecule has 0 spiro atoms. The zero-order valence-electron chi connectivity index (χ0n) is 22.7. The summed E-state index contributed by atoms with van der Waals surface area (Å²) in [6, 6.07) is 24.4. The lowest BCUT2D eigenvalue weighted by Gasteiger charge is -2.25. The molecule has 0 aliphatic rings. The highest BCUT2D eigenvalue weighted by atomic mass is 32.2. The number of hydrogen-bond acceptors (Lipinski definition) is 5. The fourth-order valence-corrected chi connectivity index (χ4v) is 6.78. The smallest absolute Gasteiger partial charge is 0.264 e. The van der Waals surface area contributed by atoms with E-state index >= 15 is 0 Å². The summed E-state index contributed by atoms with van der Waals surface area (Å²) in [5.74, 6) is -0.581. The molecule has 1 amide bonds. The van der Waals surface area contributed by atoms with Gasteiger partial charge in [-0.2, -0.15) is 0 Å². The predicted molar refractivity (Wildman–Crippen MR) is 159 cm³/mol. The molecule has 0 saturated heterocycles. The molecule has 0 atom stereocenters. The zero-order chi connectivity index (χ0) is 29.1. The van der Waals surface area contributed by atoms with Crippen LogP contribution in [0.15, 0.2) is 101 Å². The number of hydrogen-bond donors (Lipinski definition) is 2. The Labute approximate surface area is 235 Å². The minimum atomic E-state index is -4.06. The van der Waals surface area contributed by atoms with Crippen molar-refractivity contribution in [3.63, 3.8) is 0 Å². The second-order valence-electron chi connectivity index (χ2n) is 9.61. The second kappa shape index (κ2) is 11.5. The molecule has 4 aromatic rings. The largest absolute Gasteiger partial charge is 0.325 e. The van der Waals surface area contributed by atoms with Crippen molar-refractivity contribution < 1.29 is 21.6 Å². The third-order valence-corrected chi connectivity index (χ3v) is 9.51. The number of carbonyl (C=O) groups is 1. The molecule has 0 aromatic heterocycles. The van der Waals surface area contributed by atoms with E-state index in [1.54, 1.807) is 49.4 Å². The SMILES string of the molecule is Cc1ccc(S(=O)(=O)N(CC(=O)Nc2ccc(S(=O)(=O)Nc3ccc(C)cc3C)cc2)c2ccccc2C)cc1. The predicted octanol–water partition coefficient (Wildman–Crippen LogP) is 5.56. The van der Waals surface area contributed by atoms with E-state index in [4.69, 9.17) is 0 Å². The van der Waals surface area contributed by atoms with Gasteiger partial charge in [-0.15, -0.1) is 0 Å². The Morgan fingerprint density at radius 3 is 1.93 bits per heavy atom. The van der Waals surface area contributed by atoms with Gasteiger partial charge in [0.2, 0.25) is 5.91 Å². The highest BCUT2D eigenvalue weighted by Gasteiger charge is 2.28. The number of carbonyl (C=O) groups excluding carboxylic acids is 1. The number of anilines is 3. The van der Waals surface area contributed by atoms with Gasteiger partial charge in [0, 0.05) is 5.69 Å². The maximum absolute atomic E-state index is 13.6. The molecule has 0 radical (unpaired) electrons. The van der Waals surface area contributed by atoms with Crippen molar-refractivity contribution in [2.24, 2.45) is 0 Å². The Balaban J connectivity index is 1.54. The molecule has 40 heavy (non-hydrogen) atoms. The molecule has 0 bridgehead atoms. The molecule has 2 N–H and O–H groups in total. The minimum Gasteiger partial charge on any atom is -0.325 e. The molecule has 0 heterocycles. The van der Waals surface area contributed by atoms with E-state index in [2.05, 4.69) is 10.0 Å². The Kier molecular flexibility index (Phi) is 8.32. The highest BCUT2D eigenvalue weighted by Crippen LogP contribution is 2.27. The first kappa shape index (κ1) is 28.8. The maximum Gasteiger partial charge on any atom is 0.264 e. The van der Waals surface area contributed by atoms with Crippen LogP contribution in [0.4, 0.5) is 17.1 Å². The van der Waals surface area contributed by atoms with E-state index in [0.717, 1.165) is 21.0 Å². The van der Waals surface area contributed by atoms with Crippen LogP contribution in [0.3, 0.4) is 0 Å². The van der Waals surface area contributed by atoms with Crippen LogP contribution in [0.25, 0.3) is 0 Å². The van der Waals surface area contributed by atoms with Crippen molar-refractivity contribution in [3.8, 4) is 0 Å². The summed E-state index contributed by atoms with van der Waals surface area (Å²) in [5.41, 5.74) is 4.62. The normalized spacial score (nSPS) is 11.6. The van der Waals surface area contributed by atoms with Crippen LogP contribution in [0.1, 0.15) is 22.3 Å².